The molecular formula is C30H25ClFN5O. The molecule has 0 saturated carbocycles. The van der Waals surface area contributed by atoms with E-state index in [0.717, 1.165) is 28.5 Å². The zero-order valence-electron chi connectivity index (χ0n) is 20.7. The van der Waals surface area contributed by atoms with Gasteiger partial charge in [-0.05, 0) is 72.6 Å². The number of hydrogen-bond donors (Lipinski definition) is 1. The third kappa shape index (κ3) is 4.25. The molecule has 0 aliphatic carbocycles. The van der Waals surface area contributed by atoms with Crippen LogP contribution in [0.4, 0.5) is 14.9 Å². The van der Waals surface area contributed by atoms with Gasteiger partial charge in [0, 0.05) is 22.5 Å². The molecule has 2 amide bonds. The SMILES string of the molecule is CCc1nn(-c2ccccc2)c2c1CN(C(=O)Nc1ccc(Cl)cc1)C(c1cccc(F)c1)c1cccn1-2. The number of aryl methyl sites for hydroxylation is 1. The van der Waals surface area contributed by atoms with Crippen LogP contribution in [0.5, 0.6) is 0 Å². The van der Waals surface area contributed by atoms with Crippen molar-refractivity contribution in [2.45, 2.75) is 25.9 Å². The first-order chi connectivity index (χ1) is 18.5. The minimum absolute atomic E-state index is 0.285. The van der Waals surface area contributed by atoms with Crippen LogP contribution in [0.2, 0.25) is 5.02 Å². The van der Waals surface area contributed by atoms with E-state index in [1.165, 1.54) is 12.1 Å². The molecule has 0 radical (unpaired) electrons. The van der Waals surface area contributed by atoms with Crippen LogP contribution >= 0.6 is 11.6 Å². The molecule has 2 aromatic heterocycles. The first-order valence-corrected chi connectivity index (χ1v) is 12.8. The molecule has 3 heterocycles. The Morgan fingerprint density at radius 1 is 1.03 bits per heavy atom. The molecule has 1 aliphatic heterocycles. The summed E-state index contributed by atoms with van der Waals surface area (Å²) < 4.78 is 18.5. The van der Waals surface area contributed by atoms with E-state index in [-0.39, 0.29) is 18.4 Å². The second-order valence-corrected chi connectivity index (χ2v) is 9.61. The average molecular weight is 526 g/mol. The average Bonchev–Trinajstić information content (AvgIpc) is 3.51. The number of hydrogen-bond acceptors (Lipinski definition) is 2. The lowest BCUT2D eigenvalue weighted by Gasteiger charge is -2.31. The number of amides is 2. The normalized spacial score (nSPS) is 14.5. The van der Waals surface area contributed by atoms with Crippen molar-refractivity contribution in [3.8, 4) is 11.5 Å². The molecular weight excluding hydrogens is 501 g/mol. The van der Waals surface area contributed by atoms with Gasteiger partial charge in [0.25, 0.3) is 0 Å². The van der Waals surface area contributed by atoms with Crippen LogP contribution in [0.3, 0.4) is 0 Å². The quantitative estimate of drug-likeness (QED) is 0.271. The fraction of sp³-hybridized carbons (Fsp3) is 0.133. The molecule has 0 bridgehead atoms. The van der Waals surface area contributed by atoms with Crippen LogP contribution in [0, 0.1) is 5.82 Å². The van der Waals surface area contributed by atoms with Crippen molar-refractivity contribution < 1.29 is 9.18 Å². The molecule has 0 saturated heterocycles. The van der Waals surface area contributed by atoms with Gasteiger partial charge in [-0.3, -0.25) is 0 Å². The Kier molecular flexibility index (Phi) is 6.21. The van der Waals surface area contributed by atoms with Gasteiger partial charge >= 0.3 is 6.03 Å². The standard InChI is InChI=1S/C30H25ClFN5O/c1-2-26-25-19-36(30(38)33-23-15-13-21(31)14-16-23)28(20-8-6-9-22(32)18-20)27-12-7-17-35(27)29(25)37(34-26)24-10-4-3-5-11-24/h3-18,28H,2,19H2,1H3,(H,33,38). The number of anilines is 1. The summed E-state index contributed by atoms with van der Waals surface area (Å²) in [5.74, 6) is 0.515. The summed E-state index contributed by atoms with van der Waals surface area (Å²) in [5.41, 5.74) is 4.89. The van der Waals surface area contributed by atoms with Gasteiger partial charge in [0.2, 0.25) is 0 Å². The molecule has 1 aliphatic rings. The lowest BCUT2D eigenvalue weighted by molar-refractivity contribution is 0.194. The van der Waals surface area contributed by atoms with E-state index < -0.39 is 6.04 Å². The highest BCUT2D eigenvalue weighted by molar-refractivity contribution is 6.30. The molecule has 1 unspecified atom stereocenters. The predicted octanol–water partition coefficient (Wildman–Crippen LogP) is 7.16. The summed E-state index contributed by atoms with van der Waals surface area (Å²) in [6.45, 7) is 2.34. The summed E-state index contributed by atoms with van der Waals surface area (Å²) in [7, 11) is 0. The Morgan fingerprint density at radius 2 is 1.82 bits per heavy atom. The van der Waals surface area contributed by atoms with Gasteiger partial charge in [-0.25, -0.2) is 13.9 Å². The largest absolute Gasteiger partial charge is 0.322 e. The van der Waals surface area contributed by atoms with Crippen molar-refractivity contribution in [1.29, 1.82) is 0 Å². The number of aromatic nitrogens is 3. The fourth-order valence-electron chi connectivity index (χ4n) is 5.10. The molecule has 0 spiro atoms. The predicted molar refractivity (Wildman–Crippen MR) is 147 cm³/mol. The van der Waals surface area contributed by atoms with Crippen LogP contribution in [-0.4, -0.2) is 25.3 Å². The Hall–Kier alpha value is -4.36. The van der Waals surface area contributed by atoms with Crippen molar-refractivity contribution in [3.63, 3.8) is 0 Å². The van der Waals surface area contributed by atoms with Gasteiger partial charge in [-0.15, -0.1) is 0 Å². The van der Waals surface area contributed by atoms with Crippen LogP contribution in [0.25, 0.3) is 11.5 Å². The fourth-order valence-corrected chi connectivity index (χ4v) is 5.23. The highest BCUT2D eigenvalue weighted by Gasteiger charge is 2.36. The zero-order valence-corrected chi connectivity index (χ0v) is 21.4. The first-order valence-electron chi connectivity index (χ1n) is 12.5. The second kappa shape index (κ2) is 9.84. The van der Waals surface area contributed by atoms with Crippen molar-refractivity contribution in [2.75, 3.05) is 5.32 Å². The topological polar surface area (TPSA) is 55.1 Å². The highest BCUT2D eigenvalue weighted by Crippen LogP contribution is 2.39. The van der Waals surface area contributed by atoms with E-state index in [1.807, 2.05) is 59.4 Å². The van der Waals surface area contributed by atoms with Crippen molar-refractivity contribution in [1.82, 2.24) is 19.2 Å². The number of para-hydroxylation sites is 1. The van der Waals surface area contributed by atoms with Crippen LogP contribution < -0.4 is 5.32 Å². The van der Waals surface area contributed by atoms with Gasteiger partial charge in [0.15, 0.2) is 0 Å². The van der Waals surface area contributed by atoms with E-state index >= 15 is 0 Å². The summed E-state index contributed by atoms with van der Waals surface area (Å²) >= 11 is 6.05. The molecule has 38 heavy (non-hydrogen) atoms. The van der Waals surface area contributed by atoms with Gasteiger partial charge < -0.3 is 14.8 Å². The van der Waals surface area contributed by atoms with E-state index in [1.54, 1.807) is 35.2 Å². The number of fused-ring (bicyclic) bond motifs is 3. The zero-order chi connectivity index (χ0) is 26.2. The Morgan fingerprint density at radius 3 is 2.55 bits per heavy atom. The van der Waals surface area contributed by atoms with E-state index in [4.69, 9.17) is 16.7 Å². The number of urea groups is 1. The maximum atomic E-state index is 14.5. The molecule has 1 atom stereocenters. The summed E-state index contributed by atoms with van der Waals surface area (Å²) in [6, 6.07) is 26.4. The molecule has 8 heteroatoms. The lowest BCUT2D eigenvalue weighted by Crippen LogP contribution is -2.38. The Bertz CT molecular complexity index is 1610. The number of halogens is 2. The number of nitrogens with zero attached hydrogens (tertiary/aromatic N) is 4. The van der Waals surface area contributed by atoms with Crippen LogP contribution in [-0.2, 0) is 13.0 Å². The summed E-state index contributed by atoms with van der Waals surface area (Å²) in [4.78, 5) is 15.7. The van der Waals surface area contributed by atoms with Crippen molar-refractivity contribution in [3.05, 3.63) is 131 Å². The Labute approximate surface area is 224 Å². The van der Waals surface area contributed by atoms with E-state index in [2.05, 4.69) is 16.8 Å². The third-order valence-corrected chi connectivity index (χ3v) is 7.08. The van der Waals surface area contributed by atoms with Crippen molar-refractivity contribution in [2.24, 2.45) is 0 Å². The Balaban J connectivity index is 1.55. The number of rotatable bonds is 4. The number of nitrogens with one attached hydrogen (secondary N) is 1. The van der Waals surface area contributed by atoms with E-state index in [9.17, 15) is 9.18 Å². The highest BCUT2D eigenvalue weighted by atomic mass is 35.5. The minimum Gasteiger partial charge on any atom is -0.308 e. The minimum atomic E-state index is -0.547. The maximum Gasteiger partial charge on any atom is 0.322 e. The number of carbonyl (C=O) groups is 1. The molecule has 0 fully saturated rings. The number of carbonyl (C=O) groups excluding carboxylic acids is 1. The molecule has 190 valence electrons. The van der Waals surface area contributed by atoms with Gasteiger partial charge in [-0.2, -0.15) is 5.10 Å². The van der Waals surface area contributed by atoms with Crippen LogP contribution in [0.1, 0.15) is 35.5 Å². The van der Waals surface area contributed by atoms with Gasteiger partial charge in [-0.1, -0.05) is 48.9 Å². The first kappa shape index (κ1) is 24.0. The van der Waals surface area contributed by atoms with Gasteiger partial charge in [0.05, 0.1) is 29.7 Å². The summed E-state index contributed by atoms with van der Waals surface area (Å²) in [6.07, 6.45) is 2.66. The third-order valence-electron chi connectivity index (χ3n) is 6.82. The maximum absolute atomic E-state index is 14.5. The number of benzene rings is 3. The molecule has 3 aromatic carbocycles. The van der Waals surface area contributed by atoms with Crippen molar-refractivity contribution >= 4 is 23.3 Å². The second-order valence-electron chi connectivity index (χ2n) is 9.18. The smallest absolute Gasteiger partial charge is 0.308 e. The summed E-state index contributed by atoms with van der Waals surface area (Å²) in [5, 5.41) is 8.55. The lowest BCUT2D eigenvalue weighted by atomic mass is 10.0. The molecule has 6 rings (SSSR count). The van der Waals surface area contributed by atoms with Crippen LogP contribution in [0.15, 0.2) is 97.2 Å². The monoisotopic (exact) mass is 525 g/mol. The molecule has 5 aromatic rings. The molecule has 1 N–H and O–H groups in total. The van der Waals surface area contributed by atoms with Gasteiger partial charge in [0.1, 0.15) is 11.6 Å². The van der Waals surface area contributed by atoms with E-state index in [0.29, 0.717) is 22.7 Å². The molecule has 6 nitrogen and oxygen atoms in total.